The van der Waals surface area contributed by atoms with Gasteiger partial charge in [0.05, 0.1) is 18.3 Å². The molecule has 3 aromatic rings. The van der Waals surface area contributed by atoms with Crippen molar-refractivity contribution in [3.8, 4) is 0 Å². The minimum atomic E-state index is -0.245. The molecule has 4 rings (SSSR count). The van der Waals surface area contributed by atoms with E-state index >= 15 is 0 Å². The zero-order valence-electron chi connectivity index (χ0n) is 15.7. The third kappa shape index (κ3) is 3.18. The third-order valence-corrected chi connectivity index (χ3v) is 5.44. The molecule has 1 saturated heterocycles. The summed E-state index contributed by atoms with van der Waals surface area (Å²) in [5, 5.41) is 0. The molecule has 142 valence electrons. The number of carbonyl (C=O) groups excluding carboxylic acids is 1. The molecule has 1 amide bonds. The summed E-state index contributed by atoms with van der Waals surface area (Å²) in [6.45, 7) is 4.48. The van der Waals surface area contributed by atoms with E-state index in [2.05, 4.69) is 18.8 Å². The van der Waals surface area contributed by atoms with Crippen molar-refractivity contribution in [2.24, 2.45) is 0 Å². The molecule has 7 heteroatoms. The number of hydrogen-bond acceptors (Lipinski definition) is 4. The Bertz CT molecular complexity index is 992. The predicted octanol–water partition coefficient (Wildman–Crippen LogP) is 2.63. The molecule has 0 aliphatic carbocycles. The summed E-state index contributed by atoms with van der Waals surface area (Å²) in [4.78, 5) is 32.4. The van der Waals surface area contributed by atoms with Gasteiger partial charge in [-0.3, -0.25) is 13.9 Å². The van der Waals surface area contributed by atoms with Crippen LogP contribution < -0.4 is 5.69 Å². The van der Waals surface area contributed by atoms with Gasteiger partial charge in [-0.05, 0) is 57.4 Å². The molecule has 7 nitrogen and oxygen atoms in total. The topological polar surface area (TPSA) is 73.3 Å². The lowest BCUT2D eigenvalue weighted by atomic mass is 9.97. The zero-order valence-corrected chi connectivity index (χ0v) is 15.7. The lowest BCUT2D eigenvalue weighted by molar-refractivity contribution is -0.137. The predicted molar refractivity (Wildman–Crippen MR) is 101 cm³/mol. The second-order valence-corrected chi connectivity index (χ2v) is 7.31. The first-order valence-electron chi connectivity index (χ1n) is 9.44. The van der Waals surface area contributed by atoms with E-state index in [1.807, 2.05) is 17.0 Å². The van der Waals surface area contributed by atoms with Gasteiger partial charge in [0.15, 0.2) is 5.65 Å². The van der Waals surface area contributed by atoms with Crippen molar-refractivity contribution in [3.63, 3.8) is 0 Å². The Morgan fingerprint density at radius 3 is 2.67 bits per heavy atom. The molecule has 1 fully saturated rings. The normalized spacial score (nSPS) is 20.3. The summed E-state index contributed by atoms with van der Waals surface area (Å²) in [5.41, 5.74) is 0.983. The molecule has 0 radical (unpaired) electrons. The number of nitrogens with zero attached hydrogens (tertiary/aromatic N) is 4. The second kappa shape index (κ2) is 7.06. The van der Waals surface area contributed by atoms with Crippen LogP contribution in [0.4, 0.5) is 0 Å². The Labute approximate surface area is 157 Å². The van der Waals surface area contributed by atoms with E-state index < -0.39 is 0 Å². The Kier molecular flexibility index (Phi) is 4.59. The highest BCUT2D eigenvalue weighted by atomic mass is 16.3. The molecular weight excluding hydrogens is 344 g/mol. The van der Waals surface area contributed by atoms with Crippen LogP contribution in [0.5, 0.6) is 0 Å². The maximum absolute atomic E-state index is 13.1. The number of pyridine rings is 1. The van der Waals surface area contributed by atoms with E-state index in [1.54, 1.807) is 29.2 Å². The smallest absolute Gasteiger partial charge is 0.331 e. The Morgan fingerprint density at radius 1 is 1.19 bits per heavy atom. The van der Waals surface area contributed by atoms with Crippen molar-refractivity contribution >= 4 is 17.1 Å². The molecule has 3 aromatic heterocycles. The highest BCUT2D eigenvalue weighted by Gasteiger charge is 2.30. The quantitative estimate of drug-likeness (QED) is 0.710. The Balaban J connectivity index is 1.70. The summed E-state index contributed by atoms with van der Waals surface area (Å²) in [7, 11) is 0. The summed E-state index contributed by atoms with van der Waals surface area (Å²) >= 11 is 0. The average Bonchev–Trinajstić information content (AvgIpc) is 3.25. The number of fused-ring (bicyclic) bond motifs is 1. The largest absolute Gasteiger partial charge is 0.467 e. The van der Waals surface area contributed by atoms with Crippen LogP contribution in [-0.4, -0.2) is 37.0 Å². The number of furan rings is 1. The average molecular weight is 368 g/mol. The number of imidazole rings is 1. The van der Waals surface area contributed by atoms with E-state index in [0.29, 0.717) is 16.9 Å². The summed E-state index contributed by atoms with van der Waals surface area (Å²) in [6.07, 6.45) is 6.38. The second-order valence-electron chi connectivity index (χ2n) is 7.31. The van der Waals surface area contributed by atoms with Gasteiger partial charge in [-0.15, -0.1) is 0 Å². The van der Waals surface area contributed by atoms with Crippen molar-refractivity contribution in [1.82, 2.24) is 19.0 Å². The minimum Gasteiger partial charge on any atom is -0.467 e. The molecule has 4 heterocycles. The molecule has 2 atom stereocenters. The fourth-order valence-corrected chi connectivity index (χ4v) is 4.13. The number of amides is 1. The van der Waals surface area contributed by atoms with Crippen LogP contribution in [-0.2, 0) is 17.9 Å². The third-order valence-electron chi connectivity index (χ3n) is 5.44. The van der Waals surface area contributed by atoms with Crippen molar-refractivity contribution in [2.75, 3.05) is 0 Å². The molecule has 0 saturated carbocycles. The summed E-state index contributed by atoms with van der Waals surface area (Å²) < 4.78 is 8.47. The maximum atomic E-state index is 13.1. The lowest BCUT2D eigenvalue weighted by Crippen LogP contribution is -2.49. The van der Waals surface area contributed by atoms with Crippen molar-refractivity contribution < 1.29 is 9.21 Å². The highest BCUT2D eigenvalue weighted by molar-refractivity contribution is 5.80. The molecule has 0 spiro atoms. The molecule has 0 unspecified atom stereocenters. The van der Waals surface area contributed by atoms with Crippen LogP contribution in [0, 0.1) is 0 Å². The summed E-state index contributed by atoms with van der Waals surface area (Å²) in [5.74, 6) is 0.657. The van der Waals surface area contributed by atoms with Crippen LogP contribution in [0.3, 0.4) is 0 Å². The number of aromatic nitrogens is 3. The van der Waals surface area contributed by atoms with Gasteiger partial charge in [0.1, 0.15) is 12.3 Å². The van der Waals surface area contributed by atoms with Crippen molar-refractivity contribution in [2.45, 2.75) is 58.3 Å². The molecule has 0 N–H and O–H groups in total. The molecule has 0 aromatic carbocycles. The molecule has 1 aliphatic rings. The van der Waals surface area contributed by atoms with E-state index in [-0.39, 0.29) is 36.8 Å². The summed E-state index contributed by atoms with van der Waals surface area (Å²) in [6, 6.07) is 7.62. The van der Waals surface area contributed by atoms with Crippen molar-refractivity contribution in [3.05, 3.63) is 53.0 Å². The minimum absolute atomic E-state index is 0.0160. The van der Waals surface area contributed by atoms with Gasteiger partial charge in [0, 0.05) is 18.3 Å². The van der Waals surface area contributed by atoms with Crippen LogP contribution in [0.25, 0.3) is 11.2 Å². The SMILES string of the molecule is C[C@H]1CCC[C@H](C)N1C(=O)Cn1c(=O)n(Cc2ccco2)c2ncccc21. The number of hydrogen-bond donors (Lipinski definition) is 0. The Hall–Kier alpha value is -2.83. The van der Waals surface area contributed by atoms with Gasteiger partial charge in [-0.25, -0.2) is 9.78 Å². The fourth-order valence-electron chi connectivity index (χ4n) is 4.13. The number of likely N-dealkylation sites (tertiary alicyclic amines) is 1. The van der Waals surface area contributed by atoms with Gasteiger partial charge in [0.25, 0.3) is 0 Å². The van der Waals surface area contributed by atoms with Crippen LogP contribution in [0.1, 0.15) is 38.9 Å². The monoisotopic (exact) mass is 368 g/mol. The standard InChI is InChI=1S/C20H24N4O3/c1-14-6-3-7-15(2)24(14)18(25)13-22-17-9-4-10-21-19(17)23(20(22)26)12-16-8-5-11-27-16/h4-5,8-11,14-15H,3,6-7,12-13H2,1-2H3/t14-,15-/m0/s1. The lowest BCUT2D eigenvalue weighted by Gasteiger charge is -2.39. The van der Waals surface area contributed by atoms with Gasteiger partial charge < -0.3 is 9.32 Å². The van der Waals surface area contributed by atoms with Crippen LogP contribution >= 0.6 is 0 Å². The number of rotatable bonds is 4. The highest BCUT2D eigenvalue weighted by Crippen LogP contribution is 2.23. The number of carbonyl (C=O) groups is 1. The fraction of sp³-hybridized carbons (Fsp3) is 0.450. The van der Waals surface area contributed by atoms with E-state index in [1.165, 1.54) is 4.57 Å². The van der Waals surface area contributed by atoms with Crippen LogP contribution in [0.2, 0.25) is 0 Å². The van der Waals surface area contributed by atoms with Gasteiger partial charge >= 0.3 is 5.69 Å². The molecule has 0 bridgehead atoms. The first kappa shape index (κ1) is 17.6. The Morgan fingerprint density at radius 2 is 1.96 bits per heavy atom. The molecule has 27 heavy (non-hydrogen) atoms. The first-order valence-corrected chi connectivity index (χ1v) is 9.44. The molecular formula is C20H24N4O3. The number of piperidine rings is 1. The van der Waals surface area contributed by atoms with Gasteiger partial charge in [-0.1, -0.05) is 0 Å². The van der Waals surface area contributed by atoms with Crippen molar-refractivity contribution in [1.29, 1.82) is 0 Å². The van der Waals surface area contributed by atoms with Crippen LogP contribution in [0.15, 0.2) is 45.9 Å². The van der Waals surface area contributed by atoms with E-state index in [0.717, 1.165) is 19.3 Å². The maximum Gasteiger partial charge on any atom is 0.331 e. The van der Waals surface area contributed by atoms with E-state index in [4.69, 9.17) is 4.42 Å². The van der Waals surface area contributed by atoms with Gasteiger partial charge in [0.2, 0.25) is 5.91 Å². The van der Waals surface area contributed by atoms with Gasteiger partial charge in [-0.2, -0.15) is 0 Å². The molecule has 1 aliphatic heterocycles. The zero-order chi connectivity index (χ0) is 19.0. The van der Waals surface area contributed by atoms with E-state index in [9.17, 15) is 9.59 Å². The first-order chi connectivity index (χ1) is 13.1.